The summed E-state index contributed by atoms with van der Waals surface area (Å²) in [6.07, 6.45) is 9.77. The lowest BCUT2D eigenvalue weighted by atomic mass is 10.4. The highest BCUT2D eigenvalue weighted by Gasteiger charge is 2.09. The van der Waals surface area contributed by atoms with Gasteiger partial charge in [0, 0.05) is 31.6 Å². The molecular weight excluding hydrogens is 200 g/mol. The summed E-state index contributed by atoms with van der Waals surface area (Å²) in [5.41, 5.74) is 0. The lowest BCUT2D eigenvalue weighted by molar-refractivity contribution is 0.603. The van der Waals surface area contributed by atoms with Crippen LogP contribution >= 0.6 is 0 Å². The van der Waals surface area contributed by atoms with Gasteiger partial charge < -0.3 is 9.47 Å². The van der Waals surface area contributed by atoms with E-state index in [0.29, 0.717) is 0 Å². The molecule has 4 heteroatoms. The molecule has 1 aromatic heterocycles. The van der Waals surface area contributed by atoms with Crippen molar-refractivity contribution in [2.24, 2.45) is 4.99 Å². The Labute approximate surface area is 96.6 Å². The van der Waals surface area contributed by atoms with Crippen LogP contribution in [0, 0.1) is 0 Å². The fourth-order valence-electron chi connectivity index (χ4n) is 1.40. The van der Waals surface area contributed by atoms with Crippen molar-refractivity contribution >= 4 is 12.0 Å². The number of amidine groups is 1. The summed E-state index contributed by atoms with van der Waals surface area (Å²) in [4.78, 5) is 10.2. The van der Waals surface area contributed by atoms with Gasteiger partial charge in [0.1, 0.15) is 5.84 Å². The first-order valence-corrected chi connectivity index (χ1v) is 5.34. The molecule has 1 aliphatic rings. The van der Waals surface area contributed by atoms with Crippen molar-refractivity contribution in [2.75, 3.05) is 13.1 Å². The Hall–Kier alpha value is -1.84. The Kier molecular flexibility index (Phi) is 5.05. The Bertz CT molecular complexity index is 351. The molecule has 0 spiro atoms. The Morgan fingerprint density at radius 3 is 2.62 bits per heavy atom. The maximum Gasteiger partial charge on any atom is 0.103 e. The van der Waals surface area contributed by atoms with E-state index in [9.17, 15) is 0 Å². The fraction of sp³-hybridized carbons (Fsp3) is 0.333. The zero-order valence-electron chi connectivity index (χ0n) is 9.71. The summed E-state index contributed by atoms with van der Waals surface area (Å²) in [6.45, 7) is 11.3. The van der Waals surface area contributed by atoms with E-state index in [1.807, 2.05) is 12.4 Å². The first-order valence-electron chi connectivity index (χ1n) is 5.34. The van der Waals surface area contributed by atoms with Crippen molar-refractivity contribution in [1.29, 1.82) is 0 Å². The van der Waals surface area contributed by atoms with Gasteiger partial charge in [0.05, 0.1) is 12.9 Å². The predicted octanol–water partition coefficient (Wildman–Crippen LogP) is 2.24. The summed E-state index contributed by atoms with van der Waals surface area (Å²) in [6, 6.07) is 0. The van der Waals surface area contributed by atoms with Crippen LogP contribution in [0.25, 0.3) is 6.20 Å². The van der Waals surface area contributed by atoms with Gasteiger partial charge in [-0.3, -0.25) is 4.99 Å². The topological polar surface area (TPSA) is 33.4 Å². The minimum atomic E-state index is 0.940. The first-order chi connectivity index (χ1) is 7.81. The standard InChI is InChI=1S/C7H12N2.C5H6N2/c1-3-7-8-5-6-9(7)4-2;1-2-7-4-3-6-5-7/h4H,2-3,5-6H2,1H3;2-5H,1H2. The largest absolute Gasteiger partial charge is 0.336 e. The van der Waals surface area contributed by atoms with Gasteiger partial charge in [-0.05, 0) is 6.20 Å². The van der Waals surface area contributed by atoms with E-state index < -0.39 is 0 Å². The van der Waals surface area contributed by atoms with E-state index in [2.05, 4.69) is 35.0 Å². The molecule has 2 heterocycles. The third kappa shape index (κ3) is 3.38. The summed E-state index contributed by atoms with van der Waals surface area (Å²) >= 11 is 0. The van der Waals surface area contributed by atoms with Crippen molar-refractivity contribution in [3.63, 3.8) is 0 Å². The fourth-order valence-corrected chi connectivity index (χ4v) is 1.40. The number of aliphatic imine (C=N–C) groups is 1. The smallest absolute Gasteiger partial charge is 0.103 e. The van der Waals surface area contributed by atoms with E-state index in [-0.39, 0.29) is 0 Å². The molecule has 86 valence electrons. The van der Waals surface area contributed by atoms with Crippen LogP contribution in [0.3, 0.4) is 0 Å². The maximum atomic E-state index is 4.28. The van der Waals surface area contributed by atoms with Crippen molar-refractivity contribution in [2.45, 2.75) is 13.3 Å². The molecule has 0 fully saturated rings. The van der Waals surface area contributed by atoms with E-state index in [1.54, 1.807) is 23.3 Å². The molecule has 16 heavy (non-hydrogen) atoms. The minimum absolute atomic E-state index is 0.940. The first kappa shape index (κ1) is 12.2. The summed E-state index contributed by atoms with van der Waals surface area (Å²) < 4.78 is 1.78. The molecule has 0 atom stereocenters. The average molecular weight is 218 g/mol. The maximum absolute atomic E-state index is 4.28. The van der Waals surface area contributed by atoms with E-state index in [1.165, 1.54) is 5.84 Å². The van der Waals surface area contributed by atoms with Gasteiger partial charge in [-0.2, -0.15) is 0 Å². The lowest BCUT2D eigenvalue weighted by Gasteiger charge is -2.11. The normalized spacial score (nSPS) is 13.8. The molecule has 0 amide bonds. The average Bonchev–Trinajstić information content (AvgIpc) is 3.00. The van der Waals surface area contributed by atoms with Gasteiger partial charge in [0.2, 0.25) is 0 Å². The number of hydrogen-bond donors (Lipinski definition) is 0. The summed E-state index contributed by atoms with van der Waals surface area (Å²) in [5, 5.41) is 0. The number of rotatable bonds is 3. The molecule has 0 aliphatic carbocycles. The molecule has 0 radical (unpaired) electrons. The summed E-state index contributed by atoms with van der Waals surface area (Å²) in [7, 11) is 0. The summed E-state index contributed by atoms with van der Waals surface area (Å²) in [5.74, 6) is 1.17. The molecule has 0 N–H and O–H groups in total. The highest BCUT2D eigenvalue weighted by atomic mass is 15.2. The van der Waals surface area contributed by atoms with Gasteiger partial charge in [-0.1, -0.05) is 20.1 Å². The van der Waals surface area contributed by atoms with Crippen molar-refractivity contribution in [3.05, 3.63) is 38.1 Å². The molecule has 0 unspecified atom stereocenters. The van der Waals surface area contributed by atoms with Crippen LogP contribution in [-0.2, 0) is 0 Å². The SMILES string of the molecule is C=CN1CCN=C1CC.C=Cn1ccnc1. The van der Waals surface area contributed by atoms with Crippen LogP contribution < -0.4 is 0 Å². The quantitative estimate of drug-likeness (QED) is 0.779. The third-order valence-corrected chi connectivity index (χ3v) is 2.24. The lowest BCUT2D eigenvalue weighted by Crippen LogP contribution is -2.19. The number of imidazole rings is 1. The molecule has 0 saturated carbocycles. The van der Waals surface area contributed by atoms with Gasteiger partial charge in [0.25, 0.3) is 0 Å². The minimum Gasteiger partial charge on any atom is -0.336 e. The highest BCUT2D eigenvalue weighted by molar-refractivity contribution is 5.84. The predicted molar refractivity (Wildman–Crippen MR) is 68.1 cm³/mol. The number of nitrogens with zero attached hydrogens (tertiary/aromatic N) is 4. The number of aromatic nitrogens is 2. The molecular formula is C12H18N4. The second-order valence-corrected chi connectivity index (χ2v) is 3.22. The molecule has 1 aromatic rings. The van der Waals surface area contributed by atoms with Crippen LogP contribution in [0.15, 0.2) is 43.1 Å². The second-order valence-electron chi connectivity index (χ2n) is 3.22. The zero-order valence-corrected chi connectivity index (χ0v) is 9.71. The third-order valence-electron chi connectivity index (χ3n) is 2.24. The highest BCUT2D eigenvalue weighted by Crippen LogP contribution is 2.03. The van der Waals surface area contributed by atoms with Gasteiger partial charge >= 0.3 is 0 Å². The van der Waals surface area contributed by atoms with E-state index >= 15 is 0 Å². The van der Waals surface area contributed by atoms with Crippen LogP contribution in [0.2, 0.25) is 0 Å². The van der Waals surface area contributed by atoms with Gasteiger partial charge in [0.15, 0.2) is 0 Å². The van der Waals surface area contributed by atoms with Crippen LogP contribution in [0.4, 0.5) is 0 Å². The molecule has 4 nitrogen and oxygen atoms in total. The van der Waals surface area contributed by atoms with Crippen molar-refractivity contribution in [3.8, 4) is 0 Å². The molecule has 0 aromatic carbocycles. The molecule has 0 saturated heterocycles. The van der Waals surface area contributed by atoms with Crippen molar-refractivity contribution < 1.29 is 0 Å². The van der Waals surface area contributed by atoms with Crippen LogP contribution in [0.5, 0.6) is 0 Å². The van der Waals surface area contributed by atoms with E-state index in [0.717, 1.165) is 19.5 Å². The van der Waals surface area contributed by atoms with Crippen molar-refractivity contribution in [1.82, 2.24) is 14.5 Å². The van der Waals surface area contributed by atoms with Gasteiger partial charge in [-0.25, -0.2) is 4.98 Å². The van der Waals surface area contributed by atoms with Gasteiger partial charge in [-0.15, -0.1) is 0 Å². The van der Waals surface area contributed by atoms with Crippen LogP contribution in [0.1, 0.15) is 13.3 Å². The molecule has 2 rings (SSSR count). The van der Waals surface area contributed by atoms with E-state index in [4.69, 9.17) is 0 Å². The molecule has 1 aliphatic heterocycles. The Balaban J connectivity index is 0.000000165. The van der Waals surface area contributed by atoms with Crippen LogP contribution in [-0.4, -0.2) is 33.4 Å². The Morgan fingerprint density at radius 1 is 1.44 bits per heavy atom. The zero-order chi connectivity index (χ0) is 11.8. The second kappa shape index (κ2) is 6.61. The molecule has 0 bridgehead atoms. The Morgan fingerprint density at radius 2 is 2.25 bits per heavy atom. The number of hydrogen-bond acceptors (Lipinski definition) is 3. The monoisotopic (exact) mass is 218 g/mol.